The Kier molecular flexibility index (Phi) is 7.69. The zero-order chi connectivity index (χ0) is 23.2. The standard InChI is InChI=1S/C23H34N8O2/c1-2-4-18(6-8-32)28-22-21-19(29-23(24)30-22)12-27-31(21)13-20-17(14-33)9-16(11-26-20)15-5-3-7-25-10-15/h9,11-12,15,18,25,32-33H,2-8,10,13-14H2,1H3,(H3,24,28,29,30)/t15?,18-/m0/s1. The Balaban J connectivity index is 1.64. The summed E-state index contributed by atoms with van der Waals surface area (Å²) in [5.41, 5.74) is 10.0. The summed E-state index contributed by atoms with van der Waals surface area (Å²) in [5.74, 6) is 1.19. The quantitative estimate of drug-likeness (QED) is 0.309. The first-order chi connectivity index (χ1) is 16.1. The van der Waals surface area contributed by atoms with Gasteiger partial charge in [0.05, 0.1) is 25.0 Å². The van der Waals surface area contributed by atoms with Gasteiger partial charge in [-0.2, -0.15) is 10.1 Å². The zero-order valence-electron chi connectivity index (χ0n) is 19.2. The molecule has 1 saturated heterocycles. The number of pyridine rings is 1. The number of hydrogen-bond donors (Lipinski definition) is 5. The molecule has 0 bridgehead atoms. The van der Waals surface area contributed by atoms with E-state index in [0.717, 1.165) is 61.1 Å². The molecule has 10 heteroatoms. The second-order valence-corrected chi connectivity index (χ2v) is 8.68. The molecule has 0 saturated carbocycles. The van der Waals surface area contributed by atoms with Crippen LogP contribution in [0.3, 0.4) is 0 Å². The first kappa shape index (κ1) is 23.3. The number of nitrogen functional groups attached to an aromatic ring is 1. The monoisotopic (exact) mass is 454 g/mol. The number of hydrogen-bond acceptors (Lipinski definition) is 9. The number of rotatable bonds is 10. The van der Waals surface area contributed by atoms with E-state index in [-0.39, 0.29) is 25.2 Å². The number of aromatic nitrogens is 5. The molecular formula is C23H34N8O2. The van der Waals surface area contributed by atoms with E-state index in [1.807, 2.05) is 6.20 Å². The van der Waals surface area contributed by atoms with Crippen molar-refractivity contribution in [3.8, 4) is 0 Å². The Bertz CT molecular complexity index is 1060. The highest BCUT2D eigenvalue weighted by molar-refractivity contribution is 5.86. The number of aliphatic hydroxyl groups is 2. The molecule has 1 fully saturated rings. The summed E-state index contributed by atoms with van der Waals surface area (Å²) in [7, 11) is 0. The number of anilines is 2. The van der Waals surface area contributed by atoms with E-state index in [9.17, 15) is 10.2 Å². The molecule has 6 N–H and O–H groups in total. The summed E-state index contributed by atoms with van der Waals surface area (Å²) in [6.07, 6.45) is 8.35. The highest BCUT2D eigenvalue weighted by atomic mass is 16.3. The van der Waals surface area contributed by atoms with Crippen LogP contribution in [0.1, 0.15) is 61.8 Å². The summed E-state index contributed by atoms with van der Waals surface area (Å²) in [6, 6.07) is 2.13. The van der Waals surface area contributed by atoms with Crippen molar-refractivity contribution in [1.82, 2.24) is 30.0 Å². The Morgan fingerprint density at radius 2 is 2.15 bits per heavy atom. The lowest BCUT2D eigenvalue weighted by Gasteiger charge is -2.23. The van der Waals surface area contributed by atoms with E-state index in [1.165, 1.54) is 0 Å². The maximum Gasteiger partial charge on any atom is 0.222 e. The Morgan fingerprint density at radius 3 is 2.88 bits per heavy atom. The smallest absolute Gasteiger partial charge is 0.222 e. The Morgan fingerprint density at radius 1 is 1.27 bits per heavy atom. The van der Waals surface area contributed by atoms with Gasteiger partial charge in [0, 0.05) is 31.0 Å². The van der Waals surface area contributed by atoms with Crippen LogP contribution in [0.25, 0.3) is 11.0 Å². The molecule has 3 aromatic heterocycles. The van der Waals surface area contributed by atoms with Crippen molar-refractivity contribution in [2.75, 3.05) is 30.7 Å². The van der Waals surface area contributed by atoms with Crippen molar-refractivity contribution in [2.45, 2.75) is 64.1 Å². The van der Waals surface area contributed by atoms with Crippen LogP contribution in [0, 0.1) is 0 Å². The molecule has 178 valence electrons. The van der Waals surface area contributed by atoms with Gasteiger partial charge in [-0.15, -0.1) is 0 Å². The van der Waals surface area contributed by atoms with Crippen LogP contribution in [0.4, 0.5) is 11.8 Å². The molecule has 2 atom stereocenters. The van der Waals surface area contributed by atoms with Gasteiger partial charge in [-0.3, -0.25) is 9.67 Å². The fourth-order valence-electron chi connectivity index (χ4n) is 4.56. The van der Waals surface area contributed by atoms with Gasteiger partial charge in [-0.1, -0.05) is 13.3 Å². The largest absolute Gasteiger partial charge is 0.396 e. The molecule has 1 aliphatic rings. The molecule has 3 aromatic rings. The van der Waals surface area contributed by atoms with Crippen molar-refractivity contribution < 1.29 is 10.2 Å². The molecule has 1 aliphatic heterocycles. The van der Waals surface area contributed by atoms with Crippen LogP contribution in [0.2, 0.25) is 0 Å². The third-order valence-corrected chi connectivity index (χ3v) is 6.28. The molecule has 4 heterocycles. The summed E-state index contributed by atoms with van der Waals surface area (Å²) in [4.78, 5) is 13.5. The lowest BCUT2D eigenvalue weighted by Crippen LogP contribution is -2.28. The summed E-state index contributed by atoms with van der Waals surface area (Å²) in [5, 5.41) is 30.9. The predicted octanol–water partition coefficient (Wildman–Crippen LogP) is 1.77. The van der Waals surface area contributed by atoms with Gasteiger partial charge in [0.1, 0.15) is 11.0 Å². The van der Waals surface area contributed by atoms with Crippen molar-refractivity contribution in [2.24, 2.45) is 0 Å². The molecule has 1 unspecified atom stereocenters. The summed E-state index contributed by atoms with van der Waals surface area (Å²) >= 11 is 0. The first-order valence-corrected chi connectivity index (χ1v) is 11.8. The topological polar surface area (TPSA) is 147 Å². The van der Waals surface area contributed by atoms with E-state index in [1.54, 1.807) is 10.9 Å². The van der Waals surface area contributed by atoms with Gasteiger partial charge >= 0.3 is 0 Å². The molecule has 0 radical (unpaired) electrons. The number of nitrogens with one attached hydrogen (secondary N) is 2. The molecular weight excluding hydrogens is 420 g/mol. The number of nitrogens with zero attached hydrogens (tertiary/aromatic N) is 5. The van der Waals surface area contributed by atoms with E-state index >= 15 is 0 Å². The highest BCUT2D eigenvalue weighted by Crippen LogP contribution is 2.27. The van der Waals surface area contributed by atoms with Gasteiger partial charge in [0.25, 0.3) is 0 Å². The van der Waals surface area contributed by atoms with Gasteiger partial charge in [-0.25, -0.2) is 4.98 Å². The number of nitrogens with two attached hydrogens (primary N) is 1. The van der Waals surface area contributed by atoms with Crippen LogP contribution in [-0.2, 0) is 13.2 Å². The predicted molar refractivity (Wildman–Crippen MR) is 128 cm³/mol. The fraction of sp³-hybridized carbons (Fsp3) is 0.565. The molecule has 0 spiro atoms. The highest BCUT2D eigenvalue weighted by Gasteiger charge is 2.20. The zero-order valence-corrected chi connectivity index (χ0v) is 19.2. The second kappa shape index (κ2) is 10.9. The number of aliphatic hydroxyl groups excluding tert-OH is 2. The second-order valence-electron chi connectivity index (χ2n) is 8.68. The minimum atomic E-state index is -0.0842. The van der Waals surface area contributed by atoms with E-state index in [0.29, 0.717) is 30.2 Å². The summed E-state index contributed by atoms with van der Waals surface area (Å²) < 4.78 is 1.79. The average molecular weight is 455 g/mol. The molecule has 10 nitrogen and oxygen atoms in total. The normalized spacial score (nSPS) is 17.4. The van der Waals surface area contributed by atoms with Gasteiger partial charge in [0.15, 0.2) is 5.82 Å². The lowest BCUT2D eigenvalue weighted by molar-refractivity contribution is 0.276. The van der Waals surface area contributed by atoms with E-state index in [4.69, 9.17) is 10.7 Å². The van der Waals surface area contributed by atoms with Gasteiger partial charge in [-0.05, 0) is 49.8 Å². The molecule has 0 aromatic carbocycles. The third kappa shape index (κ3) is 5.40. The minimum Gasteiger partial charge on any atom is -0.396 e. The maximum absolute atomic E-state index is 10.0. The lowest BCUT2D eigenvalue weighted by atomic mass is 9.91. The van der Waals surface area contributed by atoms with Crippen LogP contribution in [0.15, 0.2) is 18.5 Å². The number of fused-ring (bicyclic) bond motifs is 1. The molecule has 33 heavy (non-hydrogen) atoms. The Labute approximate surface area is 193 Å². The van der Waals surface area contributed by atoms with Crippen LogP contribution in [-0.4, -0.2) is 60.7 Å². The van der Waals surface area contributed by atoms with Crippen molar-refractivity contribution in [3.05, 3.63) is 35.3 Å². The fourth-order valence-corrected chi connectivity index (χ4v) is 4.56. The van der Waals surface area contributed by atoms with Crippen molar-refractivity contribution in [3.63, 3.8) is 0 Å². The third-order valence-electron chi connectivity index (χ3n) is 6.28. The van der Waals surface area contributed by atoms with Crippen LogP contribution >= 0.6 is 0 Å². The van der Waals surface area contributed by atoms with Crippen LogP contribution in [0.5, 0.6) is 0 Å². The van der Waals surface area contributed by atoms with Crippen molar-refractivity contribution >= 4 is 22.8 Å². The average Bonchev–Trinajstić information content (AvgIpc) is 3.22. The maximum atomic E-state index is 10.0. The van der Waals surface area contributed by atoms with Gasteiger partial charge in [0.2, 0.25) is 5.95 Å². The van der Waals surface area contributed by atoms with E-state index in [2.05, 4.69) is 38.7 Å². The molecule has 4 rings (SSSR count). The SMILES string of the molecule is CCC[C@@H](CCO)Nc1nc(N)nc2cnn(Cc3ncc(C4CCCNC4)cc3CO)c12. The minimum absolute atomic E-state index is 0.0652. The summed E-state index contributed by atoms with van der Waals surface area (Å²) in [6.45, 7) is 4.49. The molecule has 0 aliphatic carbocycles. The van der Waals surface area contributed by atoms with Crippen molar-refractivity contribution in [1.29, 1.82) is 0 Å². The molecule has 0 amide bonds. The van der Waals surface area contributed by atoms with Gasteiger partial charge < -0.3 is 26.6 Å². The van der Waals surface area contributed by atoms with E-state index < -0.39 is 0 Å². The number of piperidine rings is 1. The Hall–Kier alpha value is -2.82. The first-order valence-electron chi connectivity index (χ1n) is 11.8. The van der Waals surface area contributed by atoms with Crippen LogP contribution < -0.4 is 16.4 Å².